The molecule has 2 heterocycles. The maximum atomic E-state index is 13.9. The van der Waals surface area contributed by atoms with Gasteiger partial charge in [0.25, 0.3) is 10.0 Å². The van der Waals surface area contributed by atoms with Gasteiger partial charge in [-0.25, -0.2) is 8.78 Å². The first-order valence-electron chi connectivity index (χ1n) is 7.13. The summed E-state index contributed by atoms with van der Waals surface area (Å²) in [7, 11) is -4.31. The van der Waals surface area contributed by atoms with Gasteiger partial charge in [0.2, 0.25) is 0 Å². The summed E-state index contributed by atoms with van der Waals surface area (Å²) in [5, 5.41) is 13.3. The monoisotopic (exact) mass is 411 g/mol. The molecule has 0 atom stereocenters. The van der Waals surface area contributed by atoms with E-state index < -0.39 is 26.6 Å². The van der Waals surface area contributed by atoms with Crippen molar-refractivity contribution in [3.63, 3.8) is 0 Å². The minimum atomic E-state index is -4.31. The summed E-state index contributed by atoms with van der Waals surface area (Å²) in [4.78, 5) is -0.148. The summed E-state index contributed by atoms with van der Waals surface area (Å²) in [6, 6.07) is 5.82. The van der Waals surface area contributed by atoms with Gasteiger partial charge in [0.05, 0.1) is 9.90 Å². The molecule has 2 aromatic heterocycles. The van der Waals surface area contributed by atoms with Crippen molar-refractivity contribution in [3.8, 4) is 17.3 Å². The molecule has 0 saturated carbocycles. The van der Waals surface area contributed by atoms with Crippen LogP contribution in [0.5, 0.6) is 0 Å². The van der Waals surface area contributed by atoms with Crippen molar-refractivity contribution < 1.29 is 17.2 Å². The Kier molecular flexibility index (Phi) is 4.88. The molecular formula is C16H11F2N3O2S3. The number of hydrogen-bond donors (Lipinski definition) is 0. The molecule has 0 aliphatic heterocycles. The second-order valence-electron chi connectivity index (χ2n) is 5.19. The van der Waals surface area contributed by atoms with Crippen LogP contribution >= 0.6 is 23.1 Å². The maximum Gasteiger partial charge on any atom is 0.285 e. The number of rotatable bonds is 4. The second kappa shape index (κ2) is 6.83. The summed E-state index contributed by atoms with van der Waals surface area (Å²) in [6.45, 7) is 1.76. The molecule has 0 unspecified atom stereocenters. The molecule has 0 radical (unpaired) electrons. The first-order chi connectivity index (χ1) is 12.3. The van der Waals surface area contributed by atoms with E-state index in [-0.39, 0.29) is 0 Å². The van der Waals surface area contributed by atoms with Gasteiger partial charge in [-0.3, -0.25) is 0 Å². The number of thioether (sulfide) groups is 1. The molecular weight excluding hydrogens is 400 g/mol. The van der Waals surface area contributed by atoms with Crippen LogP contribution in [0.1, 0.15) is 10.4 Å². The topological polar surface area (TPSA) is 75.8 Å². The van der Waals surface area contributed by atoms with Gasteiger partial charge in [0.1, 0.15) is 27.5 Å². The van der Waals surface area contributed by atoms with Gasteiger partial charge >= 0.3 is 0 Å². The van der Waals surface area contributed by atoms with Crippen LogP contribution in [-0.4, -0.2) is 23.9 Å². The van der Waals surface area contributed by atoms with Crippen molar-refractivity contribution in [3.05, 3.63) is 52.5 Å². The van der Waals surface area contributed by atoms with Crippen molar-refractivity contribution in [1.29, 1.82) is 5.26 Å². The molecule has 3 rings (SSSR count). The first-order valence-corrected chi connectivity index (χ1v) is 10.6. The zero-order valence-electron chi connectivity index (χ0n) is 13.5. The summed E-state index contributed by atoms with van der Waals surface area (Å²) in [5.41, 5.74) is 1.74. The Hall–Kier alpha value is -2.22. The Morgan fingerprint density at radius 2 is 2.04 bits per heavy atom. The predicted molar refractivity (Wildman–Crippen MR) is 95.7 cm³/mol. The quantitative estimate of drug-likeness (QED) is 0.606. The van der Waals surface area contributed by atoms with E-state index in [9.17, 15) is 22.5 Å². The SMILES string of the molecule is CSc1sc(C#N)c(C)c1-c1ccn(S(=O)(=O)c2ccc(F)cc2F)n1. The summed E-state index contributed by atoms with van der Waals surface area (Å²) < 4.78 is 53.6. The molecule has 0 aliphatic rings. The van der Waals surface area contributed by atoms with Crippen molar-refractivity contribution in [1.82, 2.24) is 9.19 Å². The Balaban J connectivity index is 2.11. The third-order valence-electron chi connectivity index (χ3n) is 3.64. The number of hydrogen-bond acceptors (Lipinski definition) is 6. The Bertz CT molecular complexity index is 1140. The fourth-order valence-corrected chi connectivity index (χ4v) is 5.45. The van der Waals surface area contributed by atoms with Gasteiger partial charge in [-0.1, -0.05) is 0 Å². The molecule has 0 amide bonds. The third-order valence-corrected chi connectivity index (χ3v) is 7.54. The molecule has 5 nitrogen and oxygen atoms in total. The number of halogens is 2. The molecule has 0 spiro atoms. The molecule has 3 aromatic rings. The van der Waals surface area contributed by atoms with Crippen molar-refractivity contribution >= 4 is 33.1 Å². The molecule has 0 fully saturated rings. The highest BCUT2D eigenvalue weighted by atomic mass is 32.2. The predicted octanol–water partition coefficient (Wildman–Crippen LogP) is 4.03. The van der Waals surface area contributed by atoms with Gasteiger partial charge in [0, 0.05) is 17.8 Å². The summed E-state index contributed by atoms with van der Waals surface area (Å²) in [5.74, 6) is -2.06. The highest BCUT2D eigenvalue weighted by Crippen LogP contribution is 2.40. The van der Waals surface area contributed by atoms with Crippen LogP contribution in [-0.2, 0) is 10.0 Å². The van der Waals surface area contributed by atoms with Gasteiger partial charge in [0.15, 0.2) is 0 Å². The molecule has 0 bridgehead atoms. The average Bonchev–Trinajstić information content (AvgIpc) is 3.18. The first kappa shape index (κ1) is 18.6. The maximum absolute atomic E-state index is 13.9. The fraction of sp³-hybridized carbons (Fsp3) is 0.125. The van der Waals surface area contributed by atoms with E-state index in [4.69, 9.17) is 0 Å². The number of nitriles is 1. The number of aromatic nitrogens is 2. The van der Waals surface area contributed by atoms with Gasteiger partial charge in [-0.15, -0.1) is 23.1 Å². The van der Waals surface area contributed by atoms with Gasteiger partial charge in [-0.2, -0.15) is 22.9 Å². The van der Waals surface area contributed by atoms with Crippen LogP contribution in [0, 0.1) is 29.9 Å². The molecule has 0 saturated heterocycles. The van der Waals surface area contributed by atoms with Crippen LogP contribution in [0.4, 0.5) is 8.78 Å². The normalized spacial score (nSPS) is 11.5. The summed E-state index contributed by atoms with van der Waals surface area (Å²) in [6.07, 6.45) is 3.04. The van der Waals surface area contributed by atoms with Crippen LogP contribution in [0.15, 0.2) is 39.6 Å². The lowest BCUT2D eigenvalue weighted by Gasteiger charge is -2.06. The van der Waals surface area contributed by atoms with Crippen LogP contribution in [0.2, 0.25) is 0 Å². The van der Waals surface area contributed by atoms with Crippen molar-refractivity contribution in [2.24, 2.45) is 0 Å². The molecule has 10 heteroatoms. The van der Waals surface area contributed by atoms with E-state index in [1.54, 1.807) is 6.92 Å². The number of benzene rings is 1. The lowest BCUT2D eigenvalue weighted by Crippen LogP contribution is -2.15. The lowest BCUT2D eigenvalue weighted by atomic mass is 10.1. The molecule has 0 N–H and O–H groups in total. The van der Waals surface area contributed by atoms with E-state index in [0.29, 0.717) is 31.9 Å². The smallest absolute Gasteiger partial charge is 0.207 e. The molecule has 1 aromatic carbocycles. The van der Waals surface area contributed by atoms with Crippen molar-refractivity contribution in [2.75, 3.05) is 6.26 Å². The van der Waals surface area contributed by atoms with Gasteiger partial charge < -0.3 is 0 Å². The largest absolute Gasteiger partial charge is 0.285 e. The van der Waals surface area contributed by atoms with E-state index >= 15 is 0 Å². The van der Waals surface area contributed by atoms with Gasteiger partial charge in [-0.05, 0) is 36.9 Å². The number of thiophene rings is 1. The van der Waals surface area contributed by atoms with E-state index in [2.05, 4.69) is 11.2 Å². The zero-order valence-corrected chi connectivity index (χ0v) is 16.0. The third kappa shape index (κ3) is 3.02. The zero-order chi connectivity index (χ0) is 19.1. The van der Waals surface area contributed by atoms with Crippen LogP contribution in [0.3, 0.4) is 0 Å². The Morgan fingerprint density at radius 1 is 1.31 bits per heavy atom. The average molecular weight is 411 g/mol. The minimum Gasteiger partial charge on any atom is -0.207 e. The Labute approximate surface area is 156 Å². The van der Waals surface area contributed by atoms with E-state index in [0.717, 1.165) is 16.3 Å². The fourth-order valence-electron chi connectivity index (χ4n) is 2.39. The van der Waals surface area contributed by atoms with E-state index in [1.807, 2.05) is 6.26 Å². The van der Waals surface area contributed by atoms with E-state index in [1.165, 1.54) is 35.4 Å². The lowest BCUT2D eigenvalue weighted by molar-refractivity contribution is 0.542. The van der Waals surface area contributed by atoms with Crippen LogP contribution < -0.4 is 0 Å². The second-order valence-corrected chi connectivity index (χ2v) is 9.05. The summed E-state index contributed by atoms with van der Waals surface area (Å²) >= 11 is 2.72. The highest BCUT2D eigenvalue weighted by molar-refractivity contribution is 8.00. The molecule has 134 valence electrons. The Morgan fingerprint density at radius 3 is 2.65 bits per heavy atom. The van der Waals surface area contributed by atoms with Crippen LogP contribution in [0.25, 0.3) is 11.3 Å². The molecule has 26 heavy (non-hydrogen) atoms. The molecule has 0 aliphatic carbocycles. The number of nitrogens with zero attached hydrogens (tertiary/aromatic N) is 3. The van der Waals surface area contributed by atoms with Crippen molar-refractivity contribution in [2.45, 2.75) is 16.0 Å². The minimum absolute atomic E-state index is 0.357. The standard InChI is InChI=1S/C16H11F2N3O2S3/c1-9-13(8-19)25-16(24-2)15(9)12-5-6-21(20-12)26(22,23)14-4-3-10(17)7-11(14)18/h3-7H,1-2H3. The highest BCUT2D eigenvalue weighted by Gasteiger charge is 2.25.